The van der Waals surface area contributed by atoms with Gasteiger partial charge in [0.2, 0.25) is 0 Å². The summed E-state index contributed by atoms with van der Waals surface area (Å²) in [6.45, 7) is 2.42. The Hall–Kier alpha value is -2.95. The molecule has 0 aliphatic rings. The van der Waals surface area contributed by atoms with Crippen LogP contribution in [0.15, 0.2) is 63.8 Å². The molecule has 0 aliphatic heterocycles. The van der Waals surface area contributed by atoms with Gasteiger partial charge >= 0.3 is 5.63 Å². The zero-order valence-corrected chi connectivity index (χ0v) is 13.2. The van der Waals surface area contributed by atoms with E-state index in [4.69, 9.17) is 4.42 Å². The fourth-order valence-electron chi connectivity index (χ4n) is 2.56. The number of nitrogens with zero attached hydrogens (tertiary/aromatic N) is 1. The molecule has 1 aromatic heterocycles. The lowest BCUT2D eigenvalue weighted by molar-refractivity contribution is 0.0748. The second-order valence-corrected chi connectivity index (χ2v) is 5.43. The molecule has 0 saturated carbocycles. The van der Waals surface area contributed by atoms with E-state index < -0.39 is 11.5 Å². The number of halogens is 1. The van der Waals surface area contributed by atoms with E-state index in [0.717, 1.165) is 0 Å². The highest BCUT2D eigenvalue weighted by Gasteiger charge is 2.19. The average Bonchev–Trinajstić information content (AvgIpc) is 2.58. The molecule has 0 atom stereocenters. The van der Waals surface area contributed by atoms with Crippen molar-refractivity contribution in [2.45, 2.75) is 13.5 Å². The number of carbonyl (C=O) groups excluding carboxylic acids is 1. The predicted molar refractivity (Wildman–Crippen MR) is 89.3 cm³/mol. The van der Waals surface area contributed by atoms with Crippen molar-refractivity contribution in [3.8, 4) is 0 Å². The highest BCUT2D eigenvalue weighted by molar-refractivity contribution is 5.96. The van der Waals surface area contributed by atoms with Crippen molar-refractivity contribution in [1.29, 1.82) is 0 Å². The quantitative estimate of drug-likeness (QED) is 0.689. The van der Waals surface area contributed by atoms with Gasteiger partial charge in [0.1, 0.15) is 17.0 Å². The number of carbonyl (C=O) groups is 1. The molecule has 0 spiro atoms. The zero-order chi connectivity index (χ0) is 17.1. The topological polar surface area (TPSA) is 50.5 Å². The smallest absolute Gasteiger partial charge is 0.349 e. The van der Waals surface area contributed by atoms with Gasteiger partial charge in [-0.3, -0.25) is 4.79 Å². The van der Waals surface area contributed by atoms with Gasteiger partial charge in [0.25, 0.3) is 5.91 Å². The SMILES string of the molecule is CCN(Cc1cccc(F)c1)C(=O)c1cc2ccccc2oc1=O. The number of para-hydroxylation sites is 1. The van der Waals surface area contributed by atoms with Crippen LogP contribution in [0.1, 0.15) is 22.8 Å². The van der Waals surface area contributed by atoms with E-state index in [9.17, 15) is 14.0 Å². The predicted octanol–water partition coefficient (Wildman–Crippen LogP) is 3.59. The molecule has 0 bridgehead atoms. The van der Waals surface area contributed by atoms with Crippen molar-refractivity contribution in [2.24, 2.45) is 0 Å². The Morgan fingerprint density at radius 2 is 1.92 bits per heavy atom. The van der Waals surface area contributed by atoms with Crippen LogP contribution in [0.3, 0.4) is 0 Å². The minimum absolute atomic E-state index is 0.0213. The molecule has 0 radical (unpaired) electrons. The molecule has 24 heavy (non-hydrogen) atoms. The van der Waals surface area contributed by atoms with Crippen LogP contribution in [0.4, 0.5) is 4.39 Å². The number of fused-ring (bicyclic) bond motifs is 1. The molecule has 0 fully saturated rings. The van der Waals surface area contributed by atoms with Gasteiger partial charge in [-0.25, -0.2) is 9.18 Å². The summed E-state index contributed by atoms with van der Waals surface area (Å²) in [6.07, 6.45) is 0. The highest BCUT2D eigenvalue weighted by Crippen LogP contribution is 2.15. The number of hydrogen-bond donors (Lipinski definition) is 0. The molecular weight excluding hydrogens is 309 g/mol. The Morgan fingerprint density at radius 1 is 1.12 bits per heavy atom. The second kappa shape index (κ2) is 6.66. The zero-order valence-electron chi connectivity index (χ0n) is 13.2. The lowest BCUT2D eigenvalue weighted by atomic mass is 10.1. The van der Waals surface area contributed by atoms with Gasteiger partial charge < -0.3 is 9.32 Å². The van der Waals surface area contributed by atoms with Crippen molar-refractivity contribution in [3.63, 3.8) is 0 Å². The van der Waals surface area contributed by atoms with E-state index in [2.05, 4.69) is 0 Å². The molecule has 3 aromatic rings. The lowest BCUT2D eigenvalue weighted by Gasteiger charge is -2.20. The van der Waals surface area contributed by atoms with Crippen molar-refractivity contribution < 1.29 is 13.6 Å². The monoisotopic (exact) mass is 325 g/mol. The molecule has 2 aromatic carbocycles. The van der Waals surface area contributed by atoms with Gasteiger partial charge in [-0.15, -0.1) is 0 Å². The molecule has 0 aliphatic carbocycles. The van der Waals surface area contributed by atoms with Gasteiger partial charge in [-0.2, -0.15) is 0 Å². The third-order valence-electron chi connectivity index (χ3n) is 3.80. The van der Waals surface area contributed by atoms with Crippen LogP contribution in [-0.4, -0.2) is 17.4 Å². The molecule has 0 N–H and O–H groups in total. The molecule has 3 rings (SSSR count). The summed E-state index contributed by atoms with van der Waals surface area (Å²) in [5, 5.41) is 0.683. The Balaban J connectivity index is 1.94. The first-order chi connectivity index (χ1) is 11.6. The normalized spacial score (nSPS) is 10.8. The molecule has 4 nitrogen and oxygen atoms in total. The molecule has 1 heterocycles. The maximum Gasteiger partial charge on any atom is 0.349 e. The van der Waals surface area contributed by atoms with Crippen molar-refractivity contribution >= 4 is 16.9 Å². The summed E-state index contributed by atoms with van der Waals surface area (Å²) in [5.74, 6) is -0.789. The molecule has 0 saturated heterocycles. The summed E-state index contributed by atoms with van der Waals surface area (Å²) in [6, 6.07) is 14.6. The Kier molecular flexibility index (Phi) is 4.42. The third-order valence-corrected chi connectivity index (χ3v) is 3.80. The Morgan fingerprint density at radius 3 is 2.67 bits per heavy atom. The van der Waals surface area contributed by atoms with Gasteiger partial charge in [0.05, 0.1) is 0 Å². The fourth-order valence-corrected chi connectivity index (χ4v) is 2.56. The van der Waals surface area contributed by atoms with E-state index in [1.165, 1.54) is 23.1 Å². The molecule has 122 valence electrons. The van der Waals surface area contributed by atoms with E-state index in [1.54, 1.807) is 43.3 Å². The average molecular weight is 325 g/mol. The van der Waals surface area contributed by atoms with Gasteiger partial charge in [0.15, 0.2) is 0 Å². The van der Waals surface area contributed by atoms with Crippen LogP contribution in [0.5, 0.6) is 0 Å². The van der Waals surface area contributed by atoms with Gasteiger partial charge in [-0.1, -0.05) is 30.3 Å². The van der Waals surface area contributed by atoms with E-state index >= 15 is 0 Å². The van der Waals surface area contributed by atoms with Gasteiger partial charge in [0, 0.05) is 18.5 Å². The molecular formula is C19H16FNO3. The van der Waals surface area contributed by atoms with Crippen molar-refractivity contribution in [2.75, 3.05) is 6.54 Å². The van der Waals surface area contributed by atoms with E-state index in [1.807, 2.05) is 0 Å². The summed E-state index contributed by atoms with van der Waals surface area (Å²) >= 11 is 0. The highest BCUT2D eigenvalue weighted by atomic mass is 19.1. The van der Waals surface area contributed by atoms with Crippen LogP contribution in [0, 0.1) is 5.82 Å². The number of rotatable bonds is 4. The van der Waals surface area contributed by atoms with Crippen LogP contribution < -0.4 is 5.63 Å². The summed E-state index contributed by atoms with van der Waals surface area (Å²) in [4.78, 5) is 26.3. The molecule has 5 heteroatoms. The van der Waals surface area contributed by atoms with E-state index in [-0.39, 0.29) is 17.9 Å². The fraction of sp³-hybridized carbons (Fsp3) is 0.158. The van der Waals surface area contributed by atoms with Gasteiger partial charge in [-0.05, 0) is 36.8 Å². The molecule has 1 amide bonds. The van der Waals surface area contributed by atoms with E-state index in [0.29, 0.717) is 23.1 Å². The number of amides is 1. The summed E-state index contributed by atoms with van der Waals surface area (Å²) in [7, 11) is 0. The van der Waals surface area contributed by atoms with Crippen LogP contribution >= 0.6 is 0 Å². The standard InChI is InChI=1S/C19H16FNO3/c1-2-21(12-13-6-5-8-15(20)10-13)18(22)16-11-14-7-3-4-9-17(14)24-19(16)23/h3-11H,2,12H2,1H3. The summed E-state index contributed by atoms with van der Waals surface area (Å²) in [5.41, 5.74) is 0.408. The maximum absolute atomic E-state index is 13.3. The van der Waals surface area contributed by atoms with Crippen LogP contribution in [-0.2, 0) is 6.54 Å². The first-order valence-corrected chi connectivity index (χ1v) is 7.65. The number of benzene rings is 2. The lowest BCUT2D eigenvalue weighted by Crippen LogP contribution is -2.33. The Bertz CT molecular complexity index is 948. The van der Waals surface area contributed by atoms with Crippen LogP contribution in [0.2, 0.25) is 0 Å². The minimum atomic E-state index is -0.670. The minimum Gasteiger partial charge on any atom is -0.422 e. The first kappa shape index (κ1) is 15.9. The molecule has 0 unspecified atom stereocenters. The van der Waals surface area contributed by atoms with Crippen molar-refractivity contribution in [1.82, 2.24) is 4.90 Å². The first-order valence-electron chi connectivity index (χ1n) is 7.65. The third kappa shape index (κ3) is 3.20. The summed E-state index contributed by atoms with van der Waals surface area (Å²) < 4.78 is 18.5. The number of hydrogen-bond acceptors (Lipinski definition) is 3. The second-order valence-electron chi connectivity index (χ2n) is 5.43. The van der Waals surface area contributed by atoms with Crippen molar-refractivity contribution in [3.05, 3.63) is 82.0 Å². The largest absolute Gasteiger partial charge is 0.422 e. The van der Waals surface area contributed by atoms with Crippen LogP contribution in [0.25, 0.3) is 11.0 Å². The maximum atomic E-state index is 13.3. The Labute approximate surface area is 138 Å².